The van der Waals surface area contributed by atoms with Crippen molar-refractivity contribution in [1.29, 1.82) is 0 Å². The third kappa shape index (κ3) is 4.31. The van der Waals surface area contributed by atoms with Crippen molar-refractivity contribution >= 4 is 40.2 Å². The number of hydrogen-bond donors (Lipinski definition) is 2. The molecule has 0 bridgehead atoms. The second-order valence-corrected chi connectivity index (χ2v) is 6.21. The molecular weight excluding hydrogens is 378 g/mol. The molecule has 0 aliphatic rings. The number of ether oxygens (including phenoxy) is 2. The summed E-state index contributed by atoms with van der Waals surface area (Å²) in [5, 5.41) is 15.3. The number of thiophene rings is 1. The van der Waals surface area contributed by atoms with Gasteiger partial charge in [0.1, 0.15) is 22.1 Å². The first-order valence-electron chi connectivity index (χ1n) is 7.73. The van der Waals surface area contributed by atoms with E-state index in [-0.39, 0.29) is 27.7 Å². The minimum atomic E-state index is -1.17. The standard InChI is InChI=1S/C16H17N3O7S/c1-4-26-16(24)12-8(2)11(15(23)25-3)14(27-12)18-13(22)9-5-6-17-19(9)7-10(20)21/h5-6H,4,7H2,1-3H3,(H,18,22)(H,20,21). The molecule has 2 aromatic heterocycles. The first kappa shape index (κ1) is 20.1. The predicted octanol–water partition coefficient (Wildman–Crippen LogP) is 1.55. The van der Waals surface area contributed by atoms with E-state index in [0.29, 0.717) is 5.56 Å². The number of anilines is 1. The zero-order valence-corrected chi connectivity index (χ0v) is 15.6. The molecule has 0 aliphatic carbocycles. The molecule has 2 N–H and O–H groups in total. The predicted molar refractivity (Wildman–Crippen MR) is 94.2 cm³/mol. The van der Waals surface area contributed by atoms with Crippen molar-refractivity contribution in [2.75, 3.05) is 19.0 Å². The van der Waals surface area contributed by atoms with Gasteiger partial charge in [0.2, 0.25) is 0 Å². The van der Waals surface area contributed by atoms with Crippen molar-refractivity contribution in [3.05, 3.63) is 34.0 Å². The van der Waals surface area contributed by atoms with Crippen LogP contribution in [0.15, 0.2) is 12.3 Å². The fourth-order valence-corrected chi connectivity index (χ4v) is 3.37. The van der Waals surface area contributed by atoms with Gasteiger partial charge in [-0.15, -0.1) is 11.3 Å². The molecule has 0 fully saturated rings. The van der Waals surface area contributed by atoms with Gasteiger partial charge in [0.05, 0.1) is 19.3 Å². The number of rotatable bonds is 7. The van der Waals surface area contributed by atoms with Crippen LogP contribution >= 0.6 is 11.3 Å². The lowest BCUT2D eigenvalue weighted by molar-refractivity contribution is -0.137. The Morgan fingerprint density at radius 2 is 2.00 bits per heavy atom. The molecule has 2 heterocycles. The highest BCUT2D eigenvalue weighted by Gasteiger charge is 2.27. The number of nitrogens with one attached hydrogen (secondary N) is 1. The van der Waals surface area contributed by atoms with E-state index in [4.69, 9.17) is 14.6 Å². The Morgan fingerprint density at radius 3 is 2.59 bits per heavy atom. The number of carboxylic acids is 1. The fraction of sp³-hybridized carbons (Fsp3) is 0.312. The number of esters is 2. The lowest BCUT2D eigenvalue weighted by Gasteiger charge is -2.07. The summed E-state index contributed by atoms with van der Waals surface area (Å²) < 4.78 is 10.7. The number of aliphatic carboxylic acids is 1. The molecule has 0 aliphatic heterocycles. The van der Waals surface area contributed by atoms with E-state index in [1.165, 1.54) is 19.4 Å². The number of hydrogen-bond acceptors (Lipinski definition) is 8. The third-order valence-electron chi connectivity index (χ3n) is 3.46. The number of carbonyl (C=O) groups excluding carboxylic acids is 3. The van der Waals surface area contributed by atoms with Gasteiger partial charge in [-0.2, -0.15) is 5.10 Å². The maximum absolute atomic E-state index is 12.5. The number of methoxy groups -OCH3 is 1. The van der Waals surface area contributed by atoms with E-state index in [0.717, 1.165) is 16.0 Å². The van der Waals surface area contributed by atoms with Crippen molar-refractivity contribution in [1.82, 2.24) is 9.78 Å². The van der Waals surface area contributed by atoms with Crippen molar-refractivity contribution in [3.63, 3.8) is 0 Å². The smallest absolute Gasteiger partial charge is 0.348 e. The van der Waals surface area contributed by atoms with Gasteiger partial charge in [-0.1, -0.05) is 0 Å². The fourth-order valence-electron chi connectivity index (χ4n) is 2.29. The van der Waals surface area contributed by atoms with E-state index in [2.05, 4.69) is 10.4 Å². The molecule has 0 saturated carbocycles. The molecule has 10 nitrogen and oxygen atoms in total. The Kier molecular flexibility index (Phi) is 6.29. The molecule has 0 saturated heterocycles. The van der Waals surface area contributed by atoms with Crippen LogP contribution in [0.5, 0.6) is 0 Å². The number of nitrogens with zero attached hydrogens (tertiary/aromatic N) is 2. The molecule has 2 aromatic rings. The van der Waals surface area contributed by atoms with Crippen molar-refractivity contribution < 1.29 is 33.8 Å². The van der Waals surface area contributed by atoms with E-state index in [9.17, 15) is 19.2 Å². The largest absolute Gasteiger partial charge is 0.480 e. The van der Waals surface area contributed by atoms with Gasteiger partial charge in [-0.25, -0.2) is 14.3 Å². The van der Waals surface area contributed by atoms with Gasteiger partial charge in [0.25, 0.3) is 5.91 Å². The highest BCUT2D eigenvalue weighted by atomic mass is 32.1. The summed E-state index contributed by atoms with van der Waals surface area (Å²) in [6.45, 7) is 2.84. The summed E-state index contributed by atoms with van der Waals surface area (Å²) >= 11 is 0.870. The summed E-state index contributed by atoms with van der Waals surface area (Å²) in [6.07, 6.45) is 1.28. The quantitative estimate of drug-likeness (QED) is 0.674. The molecule has 0 unspecified atom stereocenters. The zero-order valence-electron chi connectivity index (χ0n) is 14.8. The van der Waals surface area contributed by atoms with Crippen LogP contribution in [-0.4, -0.2) is 52.4 Å². The molecule has 0 spiro atoms. The van der Waals surface area contributed by atoms with Gasteiger partial charge in [0, 0.05) is 6.20 Å². The highest BCUT2D eigenvalue weighted by molar-refractivity contribution is 7.18. The van der Waals surface area contributed by atoms with Crippen LogP contribution in [0.1, 0.15) is 43.0 Å². The number of carbonyl (C=O) groups is 4. The van der Waals surface area contributed by atoms with Crippen LogP contribution < -0.4 is 5.32 Å². The summed E-state index contributed by atoms with van der Waals surface area (Å²) in [7, 11) is 1.18. The summed E-state index contributed by atoms with van der Waals surface area (Å²) in [5.41, 5.74) is 0.333. The highest BCUT2D eigenvalue weighted by Crippen LogP contribution is 2.34. The van der Waals surface area contributed by atoms with E-state index in [1.807, 2.05) is 0 Å². The molecule has 1 amide bonds. The Labute approximate surface area is 157 Å². The summed E-state index contributed by atoms with van der Waals surface area (Å²) in [5.74, 6) is -3.20. The Hall–Kier alpha value is -3.21. The van der Waals surface area contributed by atoms with Gasteiger partial charge in [-0.3, -0.25) is 9.59 Å². The SMILES string of the molecule is CCOC(=O)c1sc(NC(=O)c2ccnn2CC(=O)O)c(C(=O)OC)c1C. The molecule has 0 radical (unpaired) electrons. The van der Waals surface area contributed by atoms with Crippen LogP contribution in [0.4, 0.5) is 5.00 Å². The molecule has 0 aromatic carbocycles. The van der Waals surface area contributed by atoms with Crippen LogP contribution in [0.3, 0.4) is 0 Å². The summed E-state index contributed by atoms with van der Waals surface area (Å²) in [4.78, 5) is 47.7. The van der Waals surface area contributed by atoms with Crippen LogP contribution in [-0.2, 0) is 20.8 Å². The Bertz CT molecular complexity index is 900. The second kappa shape index (κ2) is 8.45. The normalized spacial score (nSPS) is 10.3. The number of aromatic nitrogens is 2. The molecule has 2 rings (SSSR count). The monoisotopic (exact) mass is 395 g/mol. The lowest BCUT2D eigenvalue weighted by Crippen LogP contribution is -2.21. The molecular formula is C16H17N3O7S. The average molecular weight is 395 g/mol. The van der Waals surface area contributed by atoms with Crippen LogP contribution in [0.2, 0.25) is 0 Å². The van der Waals surface area contributed by atoms with Crippen molar-refractivity contribution in [2.24, 2.45) is 0 Å². The van der Waals surface area contributed by atoms with Gasteiger partial charge >= 0.3 is 17.9 Å². The summed E-state index contributed by atoms with van der Waals surface area (Å²) in [6, 6.07) is 1.34. The lowest BCUT2D eigenvalue weighted by atomic mass is 10.1. The number of carboxylic acid groups (broad SMARTS) is 1. The molecule has 0 atom stereocenters. The van der Waals surface area contributed by atoms with Crippen molar-refractivity contribution in [3.8, 4) is 0 Å². The van der Waals surface area contributed by atoms with Crippen LogP contribution in [0.25, 0.3) is 0 Å². The maximum atomic E-state index is 12.5. The van der Waals surface area contributed by atoms with E-state index < -0.39 is 30.4 Å². The minimum Gasteiger partial charge on any atom is -0.480 e. The number of amides is 1. The van der Waals surface area contributed by atoms with E-state index in [1.54, 1.807) is 13.8 Å². The first-order chi connectivity index (χ1) is 12.8. The van der Waals surface area contributed by atoms with Gasteiger partial charge in [0.15, 0.2) is 0 Å². The van der Waals surface area contributed by atoms with E-state index >= 15 is 0 Å². The molecule has 11 heteroatoms. The maximum Gasteiger partial charge on any atom is 0.348 e. The Balaban J connectivity index is 2.40. The minimum absolute atomic E-state index is 0.0167. The second-order valence-electron chi connectivity index (χ2n) is 5.19. The average Bonchev–Trinajstić information content (AvgIpc) is 3.18. The van der Waals surface area contributed by atoms with Crippen molar-refractivity contribution in [2.45, 2.75) is 20.4 Å². The molecule has 144 valence electrons. The third-order valence-corrected chi connectivity index (χ3v) is 4.65. The van der Waals surface area contributed by atoms with Crippen LogP contribution in [0, 0.1) is 6.92 Å². The van der Waals surface area contributed by atoms with Gasteiger partial charge in [-0.05, 0) is 25.5 Å². The molecule has 27 heavy (non-hydrogen) atoms. The first-order valence-corrected chi connectivity index (χ1v) is 8.55. The Morgan fingerprint density at radius 1 is 1.30 bits per heavy atom. The zero-order chi connectivity index (χ0) is 20.1. The van der Waals surface area contributed by atoms with Gasteiger partial charge < -0.3 is 19.9 Å². The topological polar surface area (TPSA) is 137 Å².